The molecule has 0 saturated carbocycles. The summed E-state index contributed by atoms with van der Waals surface area (Å²) in [4.78, 5) is 40.1. The Hall–Kier alpha value is -3.65. The number of fused-ring (bicyclic) bond motifs is 2. The van der Waals surface area contributed by atoms with E-state index >= 15 is 0 Å². The lowest BCUT2D eigenvalue weighted by Crippen LogP contribution is -2.38. The van der Waals surface area contributed by atoms with Crippen molar-refractivity contribution in [2.24, 2.45) is 0 Å². The van der Waals surface area contributed by atoms with Crippen LogP contribution >= 0.6 is 0 Å². The predicted octanol–water partition coefficient (Wildman–Crippen LogP) is 1.93. The van der Waals surface area contributed by atoms with E-state index in [1.165, 1.54) is 0 Å². The number of ether oxygens (including phenoxy) is 1. The van der Waals surface area contributed by atoms with Crippen LogP contribution < -0.4 is 16.6 Å². The van der Waals surface area contributed by atoms with Crippen molar-refractivity contribution in [2.45, 2.75) is 13.1 Å². The Labute approximate surface area is 165 Å². The number of carbonyl (C=O) groups is 1. The molecule has 8 heteroatoms. The Morgan fingerprint density at radius 1 is 1.07 bits per heavy atom. The molecule has 0 radical (unpaired) electrons. The van der Waals surface area contributed by atoms with Crippen LogP contribution in [-0.2, 0) is 22.6 Å². The first-order chi connectivity index (χ1) is 14.1. The number of aromatic nitrogens is 3. The Morgan fingerprint density at radius 3 is 2.72 bits per heavy atom. The van der Waals surface area contributed by atoms with E-state index in [-0.39, 0.29) is 6.54 Å². The molecule has 0 unspecified atom stereocenters. The zero-order valence-electron chi connectivity index (χ0n) is 15.8. The number of hydrogen-bond acceptors (Lipinski definition) is 4. The predicted molar refractivity (Wildman–Crippen MR) is 111 cm³/mol. The lowest BCUT2D eigenvalue weighted by atomic mass is 10.2. The number of nitrogens with zero attached hydrogens (tertiary/aromatic N) is 2. The van der Waals surface area contributed by atoms with Crippen molar-refractivity contribution in [1.82, 2.24) is 14.1 Å². The summed E-state index contributed by atoms with van der Waals surface area (Å²) < 4.78 is 8.06. The van der Waals surface area contributed by atoms with Crippen LogP contribution in [0.1, 0.15) is 0 Å². The lowest BCUT2D eigenvalue weighted by molar-refractivity contribution is -0.116. The molecule has 0 saturated heterocycles. The summed E-state index contributed by atoms with van der Waals surface area (Å²) in [5.41, 5.74) is 0.909. The third-order valence-corrected chi connectivity index (χ3v) is 4.82. The van der Waals surface area contributed by atoms with E-state index in [1.807, 2.05) is 29.0 Å². The molecule has 2 heterocycles. The molecule has 8 nitrogen and oxygen atoms in total. The standard InChI is InChI=1S/C21H20N4O4/c1-29-12-11-24-10-9-14-16(7-4-8-18(14)24)22-19(26)13-25-20(27)15-5-2-3-6-17(15)23-21(25)28/h2-10H,11-13H2,1H3,(H,22,26)(H,23,28). The highest BCUT2D eigenvalue weighted by molar-refractivity contribution is 6.01. The highest BCUT2D eigenvalue weighted by Gasteiger charge is 2.13. The van der Waals surface area contributed by atoms with Gasteiger partial charge in [0.05, 0.1) is 28.7 Å². The summed E-state index contributed by atoms with van der Waals surface area (Å²) >= 11 is 0. The second-order valence-electron chi connectivity index (χ2n) is 6.66. The van der Waals surface area contributed by atoms with Gasteiger partial charge in [-0.1, -0.05) is 18.2 Å². The van der Waals surface area contributed by atoms with Crippen LogP contribution in [0.15, 0.2) is 64.3 Å². The maximum atomic E-state index is 12.6. The molecule has 2 N–H and O–H groups in total. The van der Waals surface area contributed by atoms with E-state index in [0.29, 0.717) is 29.7 Å². The summed E-state index contributed by atoms with van der Waals surface area (Å²) in [5.74, 6) is -0.454. The molecular formula is C21H20N4O4. The minimum absolute atomic E-state index is 0.359. The van der Waals surface area contributed by atoms with Gasteiger partial charge < -0.3 is 19.6 Å². The van der Waals surface area contributed by atoms with Gasteiger partial charge in [0.2, 0.25) is 5.91 Å². The Kier molecular flexibility index (Phi) is 5.01. The van der Waals surface area contributed by atoms with Crippen molar-refractivity contribution in [3.63, 3.8) is 0 Å². The quantitative estimate of drug-likeness (QED) is 0.524. The number of H-pyrrole nitrogens is 1. The van der Waals surface area contributed by atoms with Gasteiger partial charge in [0.1, 0.15) is 6.54 Å². The zero-order chi connectivity index (χ0) is 20.4. The highest BCUT2D eigenvalue weighted by Crippen LogP contribution is 2.24. The zero-order valence-corrected chi connectivity index (χ0v) is 15.8. The van der Waals surface area contributed by atoms with Crippen LogP contribution in [0.25, 0.3) is 21.8 Å². The number of nitrogens with one attached hydrogen (secondary N) is 2. The second-order valence-corrected chi connectivity index (χ2v) is 6.66. The van der Waals surface area contributed by atoms with Gasteiger partial charge in [0.15, 0.2) is 0 Å². The molecule has 0 bridgehead atoms. The average Bonchev–Trinajstić information content (AvgIpc) is 3.13. The monoisotopic (exact) mass is 392 g/mol. The molecule has 4 aromatic rings. The van der Waals surface area contributed by atoms with E-state index in [1.54, 1.807) is 37.4 Å². The van der Waals surface area contributed by atoms with Gasteiger partial charge in [-0.3, -0.25) is 14.2 Å². The van der Waals surface area contributed by atoms with Gasteiger partial charge >= 0.3 is 5.69 Å². The van der Waals surface area contributed by atoms with E-state index < -0.39 is 17.2 Å². The van der Waals surface area contributed by atoms with Crippen molar-refractivity contribution in [2.75, 3.05) is 19.0 Å². The minimum atomic E-state index is -0.618. The maximum absolute atomic E-state index is 12.6. The molecule has 29 heavy (non-hydrogen) atoms. The SMILES string of the molecule is COCCn1ccc2c(NC(=O)Cn3c(=O)[nH]c4ccccc4c3=O)cccc21. The third-order valence-electron chi connectivity index (χ3n) is 4.82. The number of hydrogen-bond donors (Lipinski definition) is 2. The maximum Gasteiger partial charge on any atom is 0.329 e. The molecule has 0 fully saturated rings. The first-order valence-electron chi connectivity index (χ1n) is 9.17. The fraction of sp³-hybridized carbons (Fsp3) is 0.190. The fourth-order valence-corrected chi connectivity index (χ4v) is 3.39. The molecular weight excluding hydrogens is 372 g/mol. The van der Waals surface area contributed by atoms with Crippen molar-refractivity contribution in [3.8, 4) is 0 Å². The van der Waals surface area contributed by atoms with Crippen LogP contribution in [0, 0.1) is 0 Å². The van der Waals surface area contributed by atoms with Crippen molar-refractivity contribution in [1.29, 1.82) is 0 Å². The van der Waals surface area contributed by atoms with Crippen LogP contribution in [0.4, 0.5) is 5.69 Å². The number of anilines is 1. The number of rotatable bonds is 6. The van der Waals surface area contributed by atoms with Gasteiger partial charge in [0, 0.05) is 25.2 Å². The third kappa shape index (κ3) is 3.57. The van der Waals surface area contributed by atoms with Gasteiger partial charge in [0.25, 0.3) is 5.56 Å². The minimum Gasteiger partial charge on any atom is -0.383 e. The smallest absolute Gasteiger partial charge is 0.329 e. The van der Waals surface area contributed by atoms with E-state index in [2.05, 4.69) is 10.3 Å². The topological polar surface area (TPSA) is 98.1 Å². The average molecular weight is 392 g/mol. The van der Waals surface area contributed by atoms with E-state index in [4.69, 9.17) is 4.74 Å². The van der Waals surface area contributed by atoms with Crippen LogP contribution in [0.5, 0.6) is 0 Å². The molecule has 0 spiro atoms. The number of benzene rings is 2. The molecule has 0 atom stereocenters. The summed E-state index contributed by atoms with van der Waals surface area (Å²) in [5, 5.41) is 4.04. The normalized spacial score (nSPS) is 11.2. The molecule has 0 aliphatic carbocycles. The molecule has 148 valence electrons. The number of carbonyl (C=O) groups excluding carboxylic acids is 1. The van der Waals surface area contributed by atoms with Gasteiger partial charge in [-0.05, 0) is 30.3 Å². The molecule has 2 aromatic heterocycles. The van der Waals surface area contributed by atoms with Crippen molar-refractivity contribution in [3.05, 3.63) is 75.6 Å². The summed E-state index contributed by atoms with van der Waals surface area (Å²) in [7, 11) is 1.65. The highest BCUT2D eigenvalue weighted by atomic mass is 16.5. The van der Waals surface area contributed by atoms with Crippen LogP contribution in [-0.4, -0.2) is 33.7 Å². The Balaban J connectivity index is 1.61. The molecule has 2 aromatic carbocycles. The van der Waals surface area contributed by atoms with Gasteiger partial charge in [-0.25, -0.2) is 4.79 Å². The molecule has 0 aliphatic heterocycles. The molecule has 4 rings (SSSR count). The number of para-hydroxylation sites is 1. The molecule has 0 aliphatic rings. The first kappa shape index (κ1) is 18.7. The Bertz CT molecular complexity index is 1320. The number of amides is 1. The van der Waals surface area contributed by atoms with Crippen molar-refractivity contribution < 1.29 is 9.53 Å². The summed E-state index contributed by atoms with van der Waals surface area (Å²) in [6, 6.07) is 14.2. The lowest BCUT2D eigenvalue weighted by Gasteiger charge is -2.10. The number of methoxy groups -OCH3 is 1. The molecule has 1 amide bonds. The van der Waals surface area contributed by atoms with E-state index in [0.717, 1.165) is 15.5 Å². The summed E-state index contributed by atoms with van der Waals surface area (Å²) in [6.45, 7) is 0.896. The van der Waals surface area contributed by atoms with Gasteiger partial charge in [-0.15, -0.1) is 0 Å². The van der Waals surface area contributed by atoms with Crippen LogP contribution in [0.3, 0.4) is 0 Å². The Morgan fingerprint density at radius 2 is 1.90 bits per heavy atom. The number of aromatic amines is 1. The summed E-state index contributed by atoms with van der Waals surface area (Å²) in [6.07, 6.45) is 1.93. The van der Waals surface area contributed by atoms with Gasteiger partial charge in [-0.2, -0.15) is 0 Å². The fourth-order valence-electron chi connectivity index (χ4n) is 3.39. The van der Waals surface area contributed by atoms with Crippen LogP contribution in [0.2, 0.25) is 0 Å². The largest absolute Gasteiger partial charge is 0.383 e. The van der Waals surface area contributed by atoms with Crippen molar-refractivity contribution >= 4 is 33.4 Å². The first-order valence-corrected chi connectivity index (χ1v) is 9.17. The second kappa shape index (κ2) is 7.76. The van der Waals surface area contributed by atoms with E-state index in [9.17, 15) is 14.4 Å².